The van der Waals surface area contributed by atoms with Crippen molar-refractivity contribution in [1.82, 2.24) is 0 Å². The summed E-state index contributed by atoms with van der Waals surface area (Å²) in [6, 6.07) is 66.4. The van der Waals surface area contributed by atoms with Gasteiger partial charge in [-0.25, -0.2) is 0 Å². The quantitative estimate of drug-likeness (QED) is 0.201. The predicted octanol–water partition coefficient (Wildman–Crippen LogP) is 11.1. The Kier molecular flexibility index (Phi) is 6.12. The molecule has 0 fully saturated rings. The zero-order valence-electron chi connectivity index (χ0n) is 23.8. The summed E-state index contributed by atoms with van der Waals surface area (Å²) >= 11 is 0. The molecule has 0 bridgehead atoms. The second-order valence-electron chi connectivity index (χ2n) is 11.3. The highest BCUT2D eigenvalue weighted by molar-refractivity contribution is 5.96. The lowest BCUT2D eigenvalue weighted by molar-refractivity contribution is 0.768. The number of hydrogen-bond donors (Lipinski definition) is 0. The third kappa shape index (κ3) is 4.07. The van der Waals surface area contributed by atoms with Crippen molar-refractivity contribution in [2.24, 2.45) is 0 Å². The lowest BCUT2D eigenvalue weighted by Crippen LogP contribution is -2.28. The molecule has 0 unspecified atom stereocenters. The van der Waals surface area contributed by atoms with Gasteiger partial charge in [0.1, 0.15) is 0 Å². The van der Waals surface area contributed by atoms with E-state index in [1.54, 1.807) is 0 Å². The number of hydrogen-bond acceptors (Lipinski definition) is 0. The first-order valence-electron chi connectivity index (χ1n) is 14.9. The predicted molar refractivity (Wildman–Crippen MR) is 180 cm³/mol. The second kappa shape index (κ2) is 10.4. The molecule has 202 valence electrons. The molecule has 0 nitrogen and oxygen atoms in total. The van der Waals surface area contributed by atoms with Gasteiger partial charge >= 0.3 is 0 Å². The van der Waals surface area contributed by atoms with Crippen LogP contribution in [-0.2, 0) is 5.41 Å². The van der Waals surface area contributed by atoms with E-state index in [-0.39, 0.29) is 0 Å². The highest BCUT2D eigenvalue weighted by atomic mass is 14.5. The van der Waals surface area contributed by atoms with Crippen LogP contribution in [0.15, 0.2) is 182 Å². The summed E-state index contributed by atoms with van der Waals surface area (Å²) in [4.78, 5) is 0. The van der Waals surface area contributed by atoms with Crippen LogP contribution in [-0.4, -0.2) is 0 Å². The fourth-order valence-corrected chi connectivity index (χ4v) is 7.09. The van der Waals surface area contributed by atoms with Gasteiger partial charge in [0.05, 0.1) is 5.41 Å². The molecule has 7 aromatic carbocycles. The van der Waals surface area contributed by atoms with Crippen LogP contribution in [0.25, 0.3) is 44.5 Å². The molecule has 0 saturated heterocycles. The van der Waals surface area contributed by atoms with Crippen molar-refractivity contribution in [3.63, 3.8) is 0 Å². The molecule has 0 amide bonds. The van der Waals surface area contributed by atoms with Crippen molar-refractivity contribution in [1.29, 1.82) is 0 Å². The average molecular weight is 547 g/mol. The van der Waals surface area contributed by atoms with Gasteiger partial charge < -0.3 is 0 Å². The molecule has 0 aliphatic heterocycles. The number of fused-ring (bicyclic) bond motifs is 3. The minimum absolute atomic E-state index is 0.394. The molecule has 1 aliphatic carbocycles. The van der Waals surface area contributed by atoms with E-state index in [0.717, 1.165) is 0 Å². The van der Waals surface area contributed by atoms with Gasteiger partial charge in [-0.05, 0) is 72.8 Å². The van der Waals surface area contributed by atoms with Crippen LogP contribution in [0, 0.1) is 0 Å². The summed E-state index contributed by atoms with van der Waals surface area (Å²) in [5, 5.41) is 0. The Morgan fingerprint density at radius 2 is 0.721 bits per heavy atom. The van der Waals surface area contributed by atoms with Crippen LogP contribution in [0.1, 0.15) is 22.3 Å². The van der Waals surface area contributed by atoms with Crippen molar-refractivity contribution in [3.8, 4) is 44.5 Å². The van der Waals surface area contributed by atoms with E-state index in [1.807, 2.05) is 0 Å². The molecule has 8 rings (SSSR count). The summed E-state index contributed by atoms with van der Waals surface area (Å²) in [6.45, 7) is 0. The van der Waals surface area contributed by atoms with Crippen molar-refractivity contribution in [3.05, 3.63) is 204 Å². The molecule has 0 saturated carbocycles. The molecule has 1 aliphatic rings. The maximum atomic E-state index is 2.35. The van der Waals surface area contributed by atoms with Gasteiger partial charge in [-0.2, -0.15) is 0 Å². The monoisotopic (exact) mass is 546 g/mol. The number of benzene rings is 7. The first-order valence-corrected chi connectivity index (χ1v) is 14.9. The van der Waals surface area contributed by atoms with Gasteiger partial charge in [0.2, 0.25) is 0 Å². The molecular formula is C43H30. The molecule has 7 aromatic rings. The first kappa shape index (κ1) is 25.3. The van der Waals surface area contributed by atoms with E-state index < -0.39 is 5.41 Å². The van der Waals surface area contributed by atoms with Crippen molar-refractivity contribution in [2.75, 3.05) is 0 Å². The van der Waals surface area contributed by atoms with Gasteiger partial charge in [0.15, 0.2) is 0 Å². The Hall–Kier alpha value is -5.46. The van der Waals surface area contributed by atoms with Gasteiger partial charge in [-0.1, -0.05) is 176 Å². The Morgan fingerprint density at radius 3 is 1.40 bits per heavy atom. The summed E-state index contributed by atoms with van der Waals surface area (Å²) in [6.07, 6.45) is 0. The standard InChI is InChI=1S/C43H30/c1-4-14-31(15-5-1)32-26-28-33(29-27-32)34-16-12-17-35(30-34)38-23-13-25-41-42(38)39-22-10-11-24-40(39)43(41,36-18-6-2-7-19-36)37-20-8-3-9-21-37/h1-30H. The zero-order valence-corrected chi connectivity index (χ0v) is 23.8. The third-order valence-electron chi connectivity index (χ3n) is 8.98. The van der Waals surface area contributed by atoms with E-state index >= 15 is 0 Å². The van der Waals surface area contributed by atoms with E-state index in [2.05, 4.69) is 182 Å². The van der Waals surface area contributed by atoms with Crippen molar-refractivity contribution < 1.29 is 0 Å². The van der Waals surface area contributed by atoms with E-state index in [0.29, 0.717) is 0 Å². The molecular weight excluding hydrogens is 516 g/mol. The Morgan fingerprint density at radius 1 is 0.279 bits per heavy atom. The molecule has 0 radical (unpaired) electrons. The Bertz CT molecular complexity index is 2000. The average Bonchev–Trinajstić information content (AvgIpc) is 3.41. The minimum atomic E-state index is -0.394. The topological polar surface area (TPSA) is 0 Å². The lowest BCUT2D eigenvalue weighted by Gasteiger charge is -2.34. The lowest BCUT2D eigenvalue weighted by atomic mass is 9.67. The second-order valence-corrected chi connectivity index (χ2v) is 11.3. The fraction of sp³-hybridized carbons (Fsp3) is 0.0233. The molecule has 0 heterocycles. The highest BCUT2D eigenvalue weighted by Crippen LogP contribution is 2.58. The van der Waals surface area contributed by atoms with Crippen LogP contribution in [0.5, 0.6) is 0 Å². The van der Waals surface area contributed by atoms with Crippen LogP contribution in [0.2, 0.25) is 0 Å². The minimum Gasteiger partial charge on any atom is -0.0622 e. The maximum absolute atomic E-state index is 2.35. The van der Waals surface area contributed by atoms with Gasteiger partial charge in [0, 0.05) is 0 Å². The normalized spacial score (nSPS) is 12.8. The summed E-state index contributed by atoms with van der Waals surface area (Å²) in [5.41, 5.74) is 14.9. The molecule has 0 atom stereocenters. The largest absolute Gasteiger partial charge is 0.0713 e. The van der Waals surface area contributed by atoms with Crippen LogP contribution in [0.4, 0.5) is 0 Å². The van der Waals surface area contributed by atoms with E-state index in [9.17, 15) is 0 Å². The molecule has 0 N–H and O–H groups in total. The van der Waals surface area contributed by atoms with Crippen LogP contribution < -0.4 is 0 Å². The third-order valence-corrected chi connectivity index (χ3v) is 8.98. The molecule has 0 heteroatoms. The SMILES string of the molecule is c1ccc(-c2ccc(-c3cccc(-c4cccc5c4-c4ccccc4C5(c4ccccc4)c4ccccc4)c3)cc2)cc1. The fourth-order valence-electron chi connectivity index (χ4n) is 7.09. The van der Waals surface area contributed by atoms with Crippen LogP contribution in [0.3, 0.4) is 0 Å². The summed E-state index contributed by atoms with van der Waals surface area (Å²) in [7, 11) is 0. The van der Waals surface area contributed by atoms with Gasteiger partial charge in [-0.15, -0.1) is 0 Å². The Labute approximate surface area is 253 Å². The van der Waals surface area contributed by atoms with Crippen LogP contribution >= 0.6 is 0 Å². The van der Waals surface area contributed by atoms with E-state index in [1.165, 1.54) is 66.8 Å². The molecule has 43 heavy (non-hydrogen) atoms. The number of rotatable bonds is 5. The molecule has 0 spiro atoms. The Balaban J connectivity index is 1.31. The first-order chi connectivity index (χ1) is 21.3. The van der Waals surface area contributed by atoms with Crippen molar-refractivity contribution >= 4 is 0 Å². The van der Waals surface area contributed by atoms with Gasteiger partial charge in [0.25, 0.3) is 0 Å². The summed E-state index contributed by atoms with van der Waals surface area (Å²) < 4.78 is 0. The highest BCUT2D eigenvalue weighted by Gasteiger charge is 2.46. The zero-order chi connectivity index (χ0) is 28.6. The maximum Gasteiger partial charge on any atom is 0.0713 e. The summed E-state index contributed by atoms with van der Waals surface area (Å²) in [5.74, 6) is 0. The van der Waals surface area contributed by atoms with Gasteiger partial charge in [-0.3, -0.25) is 0 Å². The smallest absolute Gasteiger partial charge is 0.0622 e. The van der Waals surface area contributed by atoms with Crippen molar-refractivity contribution in [2.45, 2.75) is 5.41 Å². The molecule has 0 aromatic heterocycles. The van der Waals surface area contributed by atoms with E-state index in [4.69, 9.17) is 0 Å².